The first-order valence-electron chi connectivity index (χ1n) is 7.88. The van der Waals surface area contributed by atoms with E-state index >= 15 is 0 Å². The summed E-state index contributed by atoms with van der Waals surface area (Å²) in [6, 6.07) is 10.2. The van der Waals surface area contributed by atoms with Crippen molar-refractivity contribution in [1.82, 2.24) is 4.98 Å². The van der Waals surface area contributed by atoms with Crippen LogP contribution in [-0.2, 0) is 4.74 Å². The van der Waals surface area contributed by atoms with Gasteiger partial charge in [0.2, 0.25) is 0 Å². The fraction of sp³-hybridized carbons (Fsp3) is 0.294. The number of nitro groups is 1. The van der Waals surface area contributed by atoms with Gasteiger partial charge in [-0.1, -0.05) is 6.07 Å². The largest absolute Gasteiger partial charge is 0.465 e. The summed E-state index contributed by atoms with van der Waals surface area (Å²) in [5, 5.41) is 11.4. The van der Waals surface area contributed by atoms with E-state index in [-0.39, 0.29) is 11.3 Å². The molecule has 1 aromatic carbocycles. The summed E-state index contributed by atoms with van der Waals surface area (Å²) < 4.78 is 4.63. The van der Waals surface area contributed by atoms with Crippen LogP contribution in [0.3, 0.4) is 0 Å². The molecule has 130 valence electrons. The van der Waals surface area contributed by atoms with Gasteiger partial charge in [0.1, 0.15) is 11.5 Å². The van der Waals surface area contributed by atoms with Crippen LogP contribution in [0.15, 0.2) is 42.6 Å². The van der Waals surface area contributed by atoms with Gasteiger partial charge in [-0.2, -0.15) is 0 Å². The molecule has 25 heavy (non-hydrogen) atoms. The summed E-state index contributed by atoms with van der Waals surface area (Å²) >= 11 is 0. The van der Waals surface area contributed by atoms with Crippen molar-refractivity contribution in [1.29, 1.82) is 0 Å². The molecule has 0 N–H and O–H groups in total. The van der Waals surface area contributed by atoms with E-state index in [4.69, 9.17) is 0 Å². The minimum atomic E-state index is -0.588. The smallest absolute Gasteiger partial charge is 0.338 e. The third kappa shape index (κ3) is 3.52. The number of pyridine rings is 1. The first-order valence-corrected chi connectivity index (χ1v) is 7.88. The highest BCUT2D eigenvalue weighted by atomic mass is 16.6. The number of nitro benzene ring substituents is 1. The summed E-state index contributed by atoms with van der Waals surface area (Å²) in [6.45, 7) is 2.70. The van der Waals surface area contributed by atoms with Crippen LogP contribution in [0.5, 0.6) is 0 Å². The lowest BCUT2D eigenvalue weighted by atomic mass is 10.1. The summed E-state index contributed by atoms with van der Waals surface area (Å²) in [6.07, 6.45) is 1.75. The summed E-state index contributed by atoms with van der Waals surface area (Å²) in [5.41, 5.74) is 0.595. The van der Waals surface area contributed by atoms with Crippen LogP contribution in [0.25, 0.3) is 0 Å². The van der Waals surface area contributed by atoms with Gasteiger partial charge in [-0.05, 0) is 24.3 Å². The third-order valence-corrected chi connectivity index (χ3v) is 4.19. The predicted octanol–water partition coefficient (Wildman–Crippen LogP) is 2.10. The maximum Gasteiger partial charge on any atom is 0.338 e. The van der Waals surface area contributed by atoms with Crippen molar-refractivity contribution >= 4 is 23.2 Å². The predicted molar refractivity (Wildman–Crippen MR) is 93.1 cm³/mol. The Balaban J connectivity index is 1.78. The molecule has 1 saturated heterocycles. The van der Waals surface area contributed by atoms with E-state index in [1.165, 1.54) is 13.2 Å². The lowest BCUT2D eigenvalue weighted by Crippen LogP contribution is -2.47. The number of carbonyl (C=O) groups excluding carboxylic acids is 1. The van der Waals surface area contributed by atoms with Crippen LogP contribution in [0.1, 0.15) is 10.4 Å². The first kappa shape index (κ1) is 16.7. The zero-order valence-electron chi connectivity index (χ0n) is 13.8. The highest BCUT2D eigenvalue weighted by molar-refractivity contribution is 5.91. The van der Waals surface area contributed by atoms with E-state index < -0.39 is 10.9 Å². The Bertz CT molecular complexity index is 773. The molecule has 2 heterocycles. The van der Waals surface area contributed by atoms with E-state index in [2.05, 4.69) is 14.6 Å². The minimum absolute atomic E-state index is 0.0887. The molecule has 8 heteroatoms. The third-order valence-electron chi connectivity index (χ3n) is 4.19. The normalized spacial score (nSPS) is 14.3. The van der Waals surface area contributed by atoms with Gasteiger partial charge in [0.15, 0.2) is 0 Å². The van der Waals surface area contributed by atoms with E-state index in [1.54, 1.807) is 18.3 Å². The van der Waals surface area contributed by atoms with Crippen molar-refractivity contribution in [2.75, 3.05) is 43.1 Å². The SMILES string of the molecule is COC(=O)c1ccc(N2CCN(c3ccccn3)CC2)c([N+](=O)[O-])c1. The standard InChI is InChI=1S/C17H18N4O4/c1-25-17(22)13-5-6-14(15(12-13)21(23)24)19-8-10-20(11-9-19)16-4-2-3-7-18-16/h2-7,12H,8-11H2,1H3. The van der Waals surface area contributed by atoms with Crippen LogP contribution >= 0.6 is 0 Å². The van der Waals surface area contributed by atoms with E-state index in [1.807, 2.05) is 23.1 Å². The highest BCUT2D eigenvalue weighted by Gasteiger charge is 2.25. The average molecular weight is 342 g/mol. The van der Waals surface area contributed by atoms with Crippen molar-refractivity contribution in [2.45, 2.75) is 0 Å². The molecule has 0 saturated carbocycles. The molecule has 1 aliphatic rings. The Morgan fingerprint density at radius 1 is 1.16 bits per heavy atom. The van der Waals surface area contributed by atoms with E-state index in [0.717, 1.165) is 5.82 Å². The van der Waals surface area contributed by atoms with Crippen molar-refractivity contribution in [3.63, 3.8) is 0 Å². The molecule has 0 unspecified atom stereocenters. The molecular weight excluding hydrogens is 324 g/mol. The zero-order valence-corrected chi connectivity index (χ0v) is 13.8. The molecule has 1 fully saturated rings. The van der Waals surface area contributed by atoms with Crippen LogP contribution in [-0.4, -0.2) is 49.2 Å². The maximum atomic E-state index is 11.6. The van der Waals surface area contributed by atoms with E-state index in [9.17, 15) is 14.9 Å². The molecule has 0 aliphatic carbocycles. The molecule has 8 nitrogen and oxygen atoms in total. The van der Waals surface area contributed by atoms with Crippen LogP contribution < -0.4 is 9.80 Å². The van der Waals surface area contributed by atoms with Gasteiger partial charge in [0.25, 0.3) is 5.69 Å². The molecule has 0 bridgehead atoms. The molecule has 0 radical (unpaired) electrons. The summed E-state index contributed by atoms with van der Waals surface area (Å²) in [5.74, 6) is 0.312. The van der Waals surface area contributed by atoms with Crippen molar-refractivity contribution in [3.05, 3.63) is 58.3 Å². The van der Waals surface area contributed by atoms with Gasteiger partial charge in [-0.3, -0.25) is 10.1 Å². The Hall–Kier alpha value is -3.16. The zero-order chi connectivity index (χ0) is 17.8. The van der Waals surface area contributed by atoms with Gasteiger partial charge in [0, 0.05) is 38.4 Å². The fourth-order valence-corrected chi connectivity index (χ4v) is 2.90. The quantitative estimate of drug-likeness (QED) is 0.477. The van der Waals surface area contributed by atoms with Gasteiger partial charge in [-0.15, -0.1) is 0 Å². The number of carbonyl (C=O) groups is 1. The van der Waals surface area contributed by atoms with Gasteiger partial charge in [-0.25, -0.2) is 9.78 Å². The number of aromatic nitrogens is 1. The average Bonchev–Trinajstić information content (AvgIpc) is 2.67. The summed E-state index contributed by atoms with van der Waals surface area (Å²) in [4.78, 5) is 31.0. The van der Waals surface area contributed by atoms with Gasteiger partial charge < -0.3 is 14.5 Å². The lowest BCUT2D eigenvalue weighted by molar-refractivity contribution is -0.384. The highest BCUT2D eigenvalue weighted by Crippen LogP contribution is 2.30. The number of rotatable bonds is 4. The van der Waals surface area contributed by atoms with Crippen LogP contribution in [0, 0.1) is 10.1 Å². The lowest BCUT2D eigenvalue weighted by Gasteiger charge is -2.36. The van der Waals surface area contributed by atoms with Crippen LogP contribution in [0.4, 0.5) is 17.2 Å². The fourth-order valence-electron chi connectivity index (χ4n) is 2.90. The molecule has 0 spiro atoms. The molecule has 1 aromatic heterocycles. The molecule has 1 aliphatic heterocycles. The summed E-state index contributed by atoms with van der Waals surface area (Å²) in [7, 11) is 1.25. The second-order valence-electron chi connectivity index (χ2n) is 5.61. The van der Waals surface area contributed by atoms with Gasteiger partial charge in [0.05, 0.1) is 17.6 Å². The molecular formula is C17H18N4O4. The molecule has 0 atom stereocenters. The monoisotopic (exact) mass is 342 g/mol. The minimum Gasteiger partial charge on any atom is -0.465 e. The maximum absolute atomic E-state index is 11.6. The number of anilines is 2. The van der Waals surface area contributed by atoms with Crippen molar-refractivity contribution in [2.24, 2.45) is 0 Å². The first-order chi connectivity index (χ1) is 12.1. The van der Waals surface area contributed by atoms with Gasteiger partial charge >= 0.3 is 5.97 Å². The Kier molecular flexibility index (Phi) is 4.78. The number of hydrogen-bond donors (Lipinski definition) is 0. The number of piperazine rings is 1. The second-order valence-corrected chi connectivity index (χ2v) is 5.61. The molecule has 3 rings (SSSR count). The Morgan fingerprint density at radius 2 is 1.88 bits per heavy atom. The number of ether oxygens (including phenoxy) is 1. The van der Waals surface area contributed by atoms with Crippen molar-refractivity contribution < 1.29 is 14.5 Å². The number of nitrogens with zero attached hydrogens (tertiary/aromatic N) is 4. The molecule has 0 amide bonds. The van der Waals surface area contributed by atoms with E-state index in [0.29, 0.717) is 31.9 Å². The number of methoxy groups -OCH3 is 1. The Morgan fingerprint density at radius 3 is 2.48 bits per heavy atom. The topological polar surface area (TPSA) is 88.8 Å². The second kappa shape index (κ2) is 7.16. The number of benzene rings is 1. The van der Waals surface area contributed by atoms with Crippen LogP contribution in [0.2, 0.25) is 0 Å². The van der Waals surface area contributed by atoms with Crippen molar-refractivity contribution in [3.8, 4) is 0 Å². The number of esters is 1. The molecule has 2 aromatic rings. The Labute approximate surface area is 144 Å². The number of hydrogen-bond acceptors (Lipinski definition) is 7.